The van der Waals surface area contributed by atoms with E-state index in [0.717, 1.165) is 19.4 Å². The summed E-state index contributed by atoms with van der Waals surface area (Å²) in [6.07, 6.45) is 6.99. The van der Waals surface area contributed by atoms with Gasteiger partial charge in [0, 0.05) is 19.0 Å². The molecule has 1 amide bonds. The first kappa shape index (κ1) is 7.14. The normalized spacial score (nSPS) is 31.8. The van der Waals surface area contributed by atoms with Crippen molar-refractivity contribution >= 4 is 5.91 Å². The fourth-order valence-electron chi connectivity index (χ4n) is 2.26. The lowest BCUT2D eigenvalue weighted by atomic mass is 9.93. The Labute approximate surface area is 67.6 Å². The zero-order valence-corrected chi connectivity index (χ0v) is 6.88. The third kappa shape index (κ3) is 1.26. The number of amides is 1. The van der Waals surface area contributed by atoms with Gasteiger partial charge in [0.15, 0.2) is 0 Å². The van der Waals surface area contributed by atoms with Gasteiger partial charge in [-0.15, -0.1) is 0 Å². The summed E-state index contributed by atoms with van der Waals surface area (Å²) in [5, 5.41) is 0. The molecule has 2 saturated heterocycles. The van der Waals surface area contributed by atoms with Crippen molar-refractivity contribution in [2.24, 2.45) is 0 Å². The Hall–Kier alpha value is -0.530. The summed E-state index contributed by atoms with van der Waals surface area (Å²) < 4.78 is 0. The minimum Gasteiger partial charge on any atom is -0.340 e. The maximum Gasteiger partial charge on any atom is 0.222 e. The number of nitrogens with zero attached hydrogens (tertiary/aromatic N) is 1. The van der Waals surface area contributed by atoms with E-state index in [-0.39, 0.29) is 0 Å². The maximum atomic E-state index is 11.4. The Kier molecular flexibility index (Phi) is 1.84. The van der Waals surface area contributed by atoms with Crippen LogP contribution in [-0.4, -0.2) is 23.4 Å². The van der Waals surface area contributed by atoms with Gasteiger partial charge in [-0.25, -0.2) is 0 Å². The summed E-state index contributed by atoms with van der Waals surface area (Å²) in [5.74, 6) is 0.404. The molecule has 2 aliphatic rings. The van der Waals surface area contributed by atoms with E-state index in [1.165, 1.54) is 25.7 Å². The van der Waals surface area contributed by atoms with Crippen LogP contribution in [-0.2, 0) is 4.79 Å². The van der Waals surface area contributed by atoms with Crippen LogP contribution in [0.2, 0.25) is 0 Å². The fraction of sp³-hybridized carbons (Fsp3) is 0.889. The molecule has 0 saturated carbocycles. The molecule has 1 unspecified atom stereocenters. The highest BCUT2D eigenvalue weighted by Crippen LogP contribution is 2.26. The molecule has 62 valence electrons. The molecule has 0 aromatic carbocycles. The van der Waals surface area contributed by atoms with E-state index in [1.807, 2.05) is 0 Å². The topological polar surface area (TPSA) is 20.3 Å². The molecular formula is C9H15NO. The molecule has 2 aliphatic heterocycles. The zero-order chi connectivity index (χ0) is 7.68. The van der Waals surface area contributed by atoms with Crippen LogP contribution >= 0.6 is 0 Å². The van der Waals surface area contributed by atoms with Gasteiger partial charge in [0.2, 0.25) is 5.91 Å². The molecule has 0 bridgehead atoms. The summed E-state index contributed by atoms with van der Waals surface area (Å²) in [6, 6.07) is 0.616. The largest absolute Gasteiger partial charge is 0.340 e. The molecular weight excluding hydrogens is 138 g/mol. The first-order valence-corrected chi connectivity index (χ1v) is 4.67. The lowest BCUT2D eigenvalue weighted by molar-refractivity contribution is -0.137. The van der Waals surface area contributed by atoms with Crippen LogP contribution in [0.5, 0.6) is 0 Å². The van der Waals surface area contributed by atoms with Crippen molar-refractivity contribution in [2.75, 3.05) is 6.54 Å². The summed E-state index contributed by atoms with van der Waals surface area (Å²) in [5.41, 5.74) is 0. The van der Waals surface area contributed by atoms with Gasteiger partial charge >= 0.3 is 0 Å². The number of fused-ring (bicyclic) bond motifs is 1. The van der Waals surface area contributed by atoms with E-state index < -0.39 is 0 Å². The molecule has 0 aliphatic carbocycles. The van der Waals surface area contributed by atoms with Crippen LogP contribution in [0.1, 0.15) is 38.5 Å². The number of rotatable bonds is 0. The minimum atomic E-state index is 0.404. The molecule has 11 heavy (non-hydrogen) atoms. The van der Waals surface area contributed by atoms with Crippen molar-refractivity contribution < 1.29 is 4.79 Å². The number of carbonyl (C=O) groups excluding carboxylic acids is 1. The molecule has 0 spiro atoms. The van der Waals surface area contributed by atoms with Crippen molar-refractivity contribution in [1.82, 2.24) is 4.90 Å². The minimum absolute atomic E-state index is 0.404. The summed E-state index contributed by atoms with van der Waals surface area (Å²) in [6.45, 7) is 1.03. The number of piperidine rings is 2. The Morgan fingerprint density at radius 2 is 2.00 bits per heavy atom. The van der Waals surface area contributed by atoms with Gasteiger partial charge in [0.1, 0.15) is 0 Å². The summed E-state index contributed by atoms with van der Waals surface area (Å²) in [4.78, 5) is 13.5. The van der Waals surface area contributed by atoms with Crippen LogP contribution in [0, 0.1) is 0 Å². The molecule has 2 heterocycles. The number of carbonyl (C=O) groups is 1. The van der Waals surface area contributed by atoms with Gasteiger partial charge in [0.25, 0.3) is 0 Å². The first-order chi connectivity index (χ1) is 5.38. The smallest absolute Gasteiger partial charge is 0.222 e. The third-order valence-corrected chi connectivity index (χ3v) is 2.88. The Morgan fingerprint density at radius 1 is 1.18 bits per heavy atom. The third-order valence-electron chi connectivity index (χ3n) is 2.88. The second-order valence-corrected chi connectivity index (χ2v) is 3.63. The van der Waals surface area contributed by atoms with Crippen LogP contribution in [0.25, 0.3) is 0 Å². The van der Waals surface area contributed by atoms with E-state index in [9.17, 15) is 4.79 Å². The van der Waals surface area contributed by atoms with Crippen molar-refractivity contribution in [3.05, 3.63) is 0 Å². The first-order valence-electron chi connectivity index (χ1n) is 4.67. The molecule has 2 rings (SSSR count). The Bertz CT molecular complexity index is 165. The summed E-state index contributed by atoms with van der Waals surface area (Å²) >= 11 is 0. The fourth-order valence-corrected chi connectivity index (χ4v) is 2.26. The molecule has 2 nitrogen and oxygen atoms in total. The summed E-state index contributed by atoms with van der Waals surface area (Å²) in [7, 11) is 0. The van der Waals surface area contributed by atoms with Gasteiger partial charge in [-0.1, -0.05) is 0 Å². The predicted octanol–water partition coefficient (Wildman–Crippen LogP) is 1.55. The highest BCUT2D eigenvalue weighted by Gasteiger charge is 2.29. The quantitative estimate of drug-likeness (QED) is 0.517. The van der Waals surface area contributed by atoms with Gasteiger partial charge in [0.05, 0.1) is 0 Å². The van der Waals surface area contributed by atoms with Crippen molar-refractivity contribution in [3.63, 3.8) is 0 Å². The van der Waals surface area contributed by atoms with E-state index >= 15 is 0 Å². The highest BCUT2D eigenvalue weighted by molar-refractivity contribution is 5.77. The maximum absolute atomic E-state index is 11.4. The standard InChI is InChI=1S/C9H15NO/c11-9-6-3-5-8-4-1-2-7-10(8)9/h8H,1-7H2. The molecule has 1 atom stereocenters. The Morgan fingerprint density at radius 3 is 2.82 bits per heavy atom. The van der Waals surface area contributed by atoms with Crippen molar-refractivity contribution in [1.29, 1.82) is 0 Å². The van der Waals surface area contributed by atoms with Gasteiger partial charge in [-0.3, -0.25) is 4.79 Å². The van der Waals surface area contributed by atoms with Crippen molar-refractivity contribution in [3.8, 4) is 0 Å². The van der Waals surface area contributed by atoms with Gasteiger partial charge < -0.3 is 4.90 Å². The lowest BCUT2D eigenvalue weighted by Crippen LogP contribution is -2.46. The predicted molar refractivity (Wildman–Crippen MR) is 43.2 cm³/mol. The average molecular weight is 153 g/mol. The Balaban J connectivity index is 2.05. The SMILES string of the molecule is O=C1CCCC2CCCCN12. The van der Waals surface area contributed by atoms with Gasteiger partial charge in [-0.2, -0.15) is 0 Å². The van der Waals surface area contributed by atoms with Crippen LogP contribution in [0.3, 0.4) is 0 Å². The highest BCUT2D eigenvalue weighted by atomic mass is 16.2. The van der Waals surface area contributed by atoms with Crippen LogP contribution in [0.15, 0.2) is 0 Å². The molecule has 0 aromatic rings. The van der Waals surface area contributed by atoms with E-state index in [1.54, 1.807) is 0 Å². The van der Waals surface area contributed by atoms with Gasteiger partial charge in [-0.05, 0) is 32.1 Å². The zero-order valence-electron chi connectivity index (χ0n) is 6.88. The second-order valence-electron chi connectivity index (χ2n) is 3.63. The second kappa shape index (κ2) is 2.84. The van der Waals surface area contributed by atoms with Crippen LogP contribution < -0.4 is 0 Å². The lowest BCUT2D eigenvalue weighted by Gasteiger charge is -2.39. The molecule has 0 aromatic heterocycles. The molecule has 0 N–H and O–H groups in total. The molecule has 2 heteroatoms. The average Bonchev–Trinajstić information content (AvgIpc) is 2.06. The number of hydrogen-bond donors (Lipinski definition) is 0. The number of hydrogen-bond acceptors (Lipinski definition) is 1. The molecule has 2 fully saturated rings. The van der Waals surface area contributed by atoms with E-state index in [2.05, 4.69) is 4.90 Å². The van der Waals surface area contributed by atoms with Crippen LogP contribution in [0.4, 0.5) is 0 Å². The molecule has 0 radical (unpaired) electrons. The monoisotopic (exact) mass is 153 g/mol. The van der Waals surface area contributed by atoms with E-state index in [0.29, 0.717) is 11.9 Å². The van der Waals surface area contributed by atoms with Crippen molar-refractivity contribution in [2.45, 2.75) is 44.6 Å². The van der Waals surface area contributed by atoms with E-state index in [4.69, 9.17) is 0 Å².